The normalized spacial score (nSPS) is 17.7. The van der Waals surface area contributed by atoms with Crippen LogP contribution in [0.25, 0.3) is 16.6 Å². The number of sulfonamides is 1. The zero-order chi connectivity index (χ0) is 28.2. The molecule has 2 N–H and O–H groups in total. The number of nitrogens with zero attached hydrogens (tertiary/aromatic N) is 4. The van der Waals surface area contributed by atoms with Gasteiger partial charge in [0.15, 0.2) is 0 Å². The minimum Gasteiger partial charge on any atom is -0.387 e. The second-order valence-electron chi connectivity index (χ2n) is 10.2. The average molecular weight is 557 g/mol. The summed E-state index contributed by atoms with van der Waals surface area (Å²) in [6, 6.07) is 10.2. The molecule has 2 heterocycles. The third-order valence-corrected chi connectivity index (χ3v) is 8.76. The number of methoxy groups -OCH3 is 1. The number of rotatable bonds is 11. The number of piperazine rings is 1. The van der Waals surface area contributed by atoms with Crippen molar-refractivity contribution in [3.63, 3.8) is 0 Å². The van der Waals surface area contributed by atoms with Gasteiger partial charge in [-0.2, -0.15) is 9.40 Å². The third-order valence-electron chi connectivity index (χ3n) is 6.91. The number of allylic oxidation sites excluding steroid dienone is 1. The Morgan fingerprint density at radius 2 is 2.00 bits per heavy atom. The maximum Gasteiger partial charge on any atom is 0.246 e. The van der Waals surface area contributed by atoms with Crippen LogP contribution in [0.5, 0.6) is 0 Å². The van der Waals surface area contributed by atoms with Crippen LogP contribution in [0.15, 0.2) is 53.7 Å². The quantitative estimate of drug-likeness (QED) is 0.275. The molecule has 4 rings (SSSR count). The smallest absolute Gasteiger partial charge is 0.246 e. The van der Waals surface area contributed by atoms with Crippen molar-refractivity contribution < 1.29 is 17.5 Å². The van der Waals surface area contributed by atoms with E-state index >= 15 is 0 Å². The first-order valence-electron chi connectivity index (χ1n) is 13.1. The molecule has 1 saturated heterocycles. The summed E-state index contributed by atoms with van der Waals surface area (Å²) in [5, 5.41) is 16.2. The molecule has 1 aliphatic heterocycles. The zero-order valence-corrected chi connectivity index (χ0v) is 23.7. The van der Waals surface area contributed by atoms with E-state index in [9.17, 15) is 12.8 Å². The van der Waals surface area contributed by atoms with Gasteiger partial charge in [0.05, 0.1) is 24.0 Å². The second kappa shape index (κ2) is 12.4. The Bertz CT molecular complexity index is 1440. The van der Waals surface area contributed by atoms with E-state index in [2.05, 4.69) is 41.3 Å². The fraction of sp³-hybridized carbons (Fsp3) is 0.429. The Labute approximate surface area is 229 Å². The molecule has 2 aromatic carbocycles. The van der Waals surface area contributed by atoms with E-state index in [1.807, 2.05) is 6.92 Å². The maximum atomic E-state index is 13.5. The molecule has 0 amide bonds. The fourth-order valence-electron chi connectivity index (χ4n) is 5.01. The van der Waals surface area contributed by atoms with Gasteiger partial charge in [-0.3, -0.25) is 4.90 Å². The highest BCUT2D eigenvalue weighted by atomic mass is 32.2. The fourth-order valence-corrected chi connectivity index (χ4v) is 6.35. The molecule has 0 radical (unpaired) electrons. The molecule has 9 nitrogen and oxygen atoms in total. The van der Waals surface area contributed by atoms with Crippen molar-refractivity contribution in [3.8, 4) is 5.69 Å². The standard InChI is InChI=1S/C28H37FN6O3S/c1-20(2)18-33-10-11-34(39(36,37)25(15-30)17-31-9-12-38-4)19-28(33)26-14-22-16-32-35(27(22)13-21(26)3)24-7-5-23(29)6-8-24/h5-8,13-17,20,28,30-31H,9-12,18-19H2,1-4H3/b25-17+,30-15?/t28-/m1/s1. The lowest BCUT2D eigenvalue weighted by molar-refractivity contribution is 0.105. The first-order valence-corrected chi connectivity index (χ1v) is 14.5. The molecule has 39 heavy (non-hydrogen) atoms. The van der Waals surface area contributed by atoms with Gasteiger partial charge in [-0.05, 0) is 60.4 Å². The van der Waals surface area contributed by atoms with Crippen molar-refractivity contribution in [3.05, 3.63) is 70.6 Å². The molecule has 210 valence electrons. The van der Waals surface area contributed by atoms with Crippen molar-refractivity contribution in [1.29, 1.82) is 5.41 Å². The van der Waals surface area contributed by atoms with E-state index in [1.165, 1.54) is 22.6 Å². The van der Waals surface area contributed by atoms with Crippen LogP contribution in [-0.4, -0.2) is 80.1 Å². The minimum absolute atomic E-state index is 0.0811. The van der Waals surface area contributed by atoms with Gasteiger partial charge in [-0.15, -0.1) is 0 Å². The van der Waals surface area contributed by atoms with Crippen molar-refractivity contribution in [2.45, 2.75) is 26.8 Å². The molecule has 0 spiro atoms. The van der Waals surface area contributed by atoms with E-state index in [0.29, 0.717) is 32.2 Å². The van der Waals surface area contributed by atoms with Crippen LogP contribution in [0.1, 0.15) is 31.0 Å². The summed E-state index contributed by atoms with van der Waals surface area (Å²) in [5.74, 6) is 0.102. The summed E-state index contributed by atoms with van der Waals surface area (Å²) in [5.41, 5.74) is 3.73. The number of benzene rings is 2. The summed E-state index contributed by atoms with van der Waals surface area (Å²) in [6.45, 7) is 9.24. The van der Waals surface area contributed by atoms with E-state index in [4.69, 9.17) is 10.1 Å². The number of hydrogen-bond donors (Lipinski definition) is 2. The van der Waals surface area contributed by atoms with Crippen LogP contribution in [0.2, 0.25) is 0 Å². The number of halogens is 1. The monoisotopic (exact) mass is 556 g/mol. The number of nitrogens with one attached hydrogen (secondary N) is 2. The molecule has 1 atom stereocenters. The van der Waals surface area contributed by atoms with Gasteiger partial charge in [0.2, 0.25) is 10.0 Å². The molecule has 1 fully saturated rings. The summed E-state index contributed by atoms with van der Waals surface area (Å²) >= 11 is 0. The zero-order valence-electron chi connectivity index (χ0n) is 22.9. The van der Waals surface area contributed by atoms with Crippen LogP contribution >= 0.6 is 0 Å². The highest BCUT2D eigenvalue weighted by molar-refractivity contribution is 7.93. The SMILES string of the molecule is COCCN/C=C(\C=N)S(=O)(=O)N1CCN(CC(C)C)[C@@H](c2cc3cnn(-c4ccc(F)cc4)c3cc2C)C1. The van der Waals surface area contributed by atoms with Crippen LogP contribution in [0.4, 0.5) is 4.39 Å². The first kappa shape index (κ1) is 28.9. The number of ether oxygens (including phenoxy) is 1. The lowest BCUT2D eigenvalue weighted by Crippen LogP contribution is -2.51. The van der Waals surface area contributed by atoms with Crippen molar-refractivity contribution >= 4 is 27.1 Å². The molecule has 0 saturated carbocycles. The molecular weight excluding hydrogens is 519 g/mol. The van der Waals surface area contributed by atoms with Gasteiger partial charge < -0.3 is 15.5 Å². The van der Waals surface area contributed by atoms with Gasteiger partial charge in [0.25, 0.3) is 0 Å². The molecular formula is C28H37FN6O3S. The van der Waals surface area contributed by atoms with Crippen molar-refractivity contribution in [2.24, 2.45) is 5.92 Å². The number of fused-ring (bicyclic) bond motifs is 1. The molecule has 0 unspecified atom stereocenters. The Morgan fingerprint density at radius 1 is 1.26 bits per heavy atom. The van der Waals surface area contributed by atoms with Crippen LogP contribution < -0.4 is 5.32 Å². The van der Waals surface area contributed by atoms with Crippen LogP contribution in [-0.2, 0) is 14.8 Å². The van der Waals surface area contributed by atoms with E-state index in [1.54, 1.807) is 30.1 Å². The van der Waals surface area contributed by atoms with Gasteiger partial charge in [-0.1, -0.05) is 13.8 Å². The van der Waals surface area contributed by atoms with Crippen LogP contribution in [0.3, 0.4) is 0 Å². The summed E-state index contributed by atoms with van der Waals surface area (Å²) in [4.78, 5) is 2.27. The highest BCUT2D eigenvalue weighted by Crippen LogP contribution is 2.33. The van der Waals surface area contributed by atoms with Gasteiger partial charge >= 0.3 is 0 Å². The lowest BCUT2D eigenvalue weighted by atomic mass is 9.96. The van der Waals surface area contributed by atoms with E-state index in [-0.39, 0.29) is 23.3 Å². The van der Waals surface area contributed by atoms with Crippen molar-refractivity contribution in [1.82, 2.24) is 24.3 Å². The van der Waals surface area contributed by atoms with Gasteiger partial charge in [0, 0.05) is 63.7 Å². The number of aromatic nitrogens is 2. The molecule has 1 aromatic heterocycles. The Hall–Kier alpha value is -3.12. The van der Waals surface area contributed by atoms with Gasteiger partial charge in [0.1, 0.15) is 10.7 Å². The molecule has 0 aliphatic carbocycles. The summed E-state index contributed by atoms with van der Waals surface area (Å²) in [7, 11) is -2.30. The number of hydrogen-bond acceptors (Lipinski definition) is 7. The Kier molecular flexibility index (Phi) is 9.16. The average Bonchev–Trinajstić information content (AvgIpc) is 3.31. The Balaban J connectivity index is 1.68. The van der Waals surface area contributed by atoms with E-state index in [0.717, 1.165) is 40.5 Å². The largest absolute Gasteiger partial charge is 0.387 e. The Morgan fingerprint density at radius 3 is 2.67 bits per heavy atom. The minimum atomic E-state index is -3.87. The van der Waals surface area contributed by atoms with Crippen molar-refractivity contribution in [2.75, 3.05) is 46.4 Å². The topological polar surface area (TPSA) is 104 Å². The summed E-state index contributed by atoms with van der Waals surface area (Å²) < 4.78 is 48.8. The highest BCUT2D eigenvalue weighted by Gasteiger charge is 2.36. The molecule has 11 heteroatoms. The first-order chi connectivity index (χ1) is 18.6. The van der Waals surface area contributed by atoms with Gasteiger partial charge in [-0.25, -0.2) is 17.5 Å². The van der Waals surface area contributed by atoms with Crippen LogP contribution in [0, 0.1) is 24.1 Å². The summed E-state index contributed by atoms with van der Waals surface area (Å²) in [6.07, 6.45) is 4.04. The maximum absolute atomic E-state index is 13.5. The number of aryl methyl sites for hydroxylation is 1. The molecule has 1 aliphatic rings. The molecule has 3 aromatic rings. The third kappa shape index (κ3) is 6.38. The second-order valence-corrected chi connectivity index (χ2v) is 12.1. The van der Waals surface area contributed by atoms with E-state index < -0.39 is 10.0 Å². The predicted molar refractivity (Wildman–Crippen MR) is 152 cm³/mol. The predicted octanol–water partition coefficient (Wildman–Crippen LogP) is 3.84. The molecule has 0 bridgehead atoms. The lowest BCUT2D eigenvalue weighted by Gasteiger charge is -2.42.